The molecule has 0 aliphatic carbocycles. The summed E-state index contributed by atoms with van der Waals surface area (Å²) in [5, 5.41) is 10.0. The van der Waals surface area contributed by atoms with Crippen LogP contribution in [0.15, 0.2) is 60.8 Å². The van der Waals surface area contributed by atoms with E-state index in [1.54, 1.807) is 42.6 Å². The van der Waals surface area contributed by atoms with Gasteiger partial charge in [0, 0.05) is 6.20 Å². The van der Waals surface area contributed by atoms with Crippen LogP contribution in [0.3, 0.4) is 0 Å². The average molecular weight is 369 g/mol. The van der Waals surface area contributed by atoms with Crippen LogP contribution < -0.4 is 4.74 Å². The fraction of sp³-hybridized carbons (Fsp3) is 0.0455. The molecule has 5 nitrogen and oxygen atoms in total. The summed E-state index contributed by atoms with van der Waals surface area (Å²) >= 11 is 0. The van der Waals surface area contributed by atoms with E-state index in [0.29, 0.717) is 44.7 Å². The molecule has 0 N–H and O–H groups in total. The van der Waals surface area contributed by atoms with Gasteiger partial charge >= 0.3 is 0 Å². The van der Waals surface area contributed by atoms with Crippen molar-refractivity contribution in [3.8, 4) is 23.2 Å². The molecule has 0 spiro atoms. The van der Waals surface area contributed by atoms with E-state index in [1.807, 2.05) is 6.07 Å². The molecule has 134 valence electrons. The maximum absolute atomic E-state index is 13.5. The first-order valence-electron chi connectivity index (χ1n) is 8.64. The summed E-state index contributed by atoms with van der Waals surface area (Å²) in [6.45, 7) is 0.0608. The molecule has 0 unspecified atom stereocenters. The van der Waals surface area contributed by atoms with Crippen LogP contribution in [0.2, 0.25) is 0 Å². The van der Waals surface area contributed by atoms with Crippen LogP contribution in [0.5, 0.6) is 5.75 Å². The number of benzene rings is 2. The number of hydrogen-bond acceptors (Lipinski definition) is 4. The molecular weight excluding hydrogens is 357 g/mol. The number of aromatic nitrogens is 2. The van der Waals surface area contributed by atoms with Crippen LogP contribution in [-0.2, 0) is 6.61 Å². The second-order valence-corrected chi connectivity index (χ2v) is 6.46. The van der Waals surface area contributed by atoms with E-state index in [9.17, 15) is 14.4 Å². The predicted octanol–water partition coefficient (Wildman–Crippen LogP) is 4.29. The number of hydrogen-bond donors (Lipinski definition) is 0. The number of pyridine rings is 1. The molecule has 6 heteroatoms. The minimum Gasteiger partial charge on any atom is -0.487 e. The summed E-state index contributed by atoms with van der Waals surface area (Å²) in [5.41, 5.74) is 3.08. The van der Waals surface area contributed by atoms with Crippen molar-refractivity contribution >= 4 is 16.8 Å². The zero-order valence-corrected chi connectivity index (χ0v) is 14.5. The first-order valence-corrected chi connectivity index (χ1v) is 8.64. The molecule has 3 heterocycles. The Bertz CT molecular complexity index is 1320. The van der Waals surface area contributed by atoms with Crippen LogP contribution in [-0.4, -0.2) is 15.5 Å². The lowest BCUT2D eigenvalue weighted by atomic mass is 10.0. The summed E-state index contributed by atoms with van der Waals surface area (Å²) in [7, 11) is 0. The quantitative estimate of drug-likeness (QED) is 0.476. The SMILES string of the molecule is N#Cc1cccc2nc3c(c(OCc4cccc(F)c4)c12)C(=O)n1cccc1-3. The molecular formula is C22H12FN3O2. The highest BCUT2D eigenvalue weighted by Crippen LogP contribution is 2.42. The number of carbonyl (C=O) groups excluding carboxylic acids is 1. The van der Waals surface area contributed by atoms with Crippen LogP contribution in [0, 0.1) is 17.1 Å². The summed E-state index contributed by atoms with van der Waals surface area (Å²) in [6, 6.07) is 17.0. The maximum Gasteiger partial charge on any atom is 0.268 e. The largest absolute Gasteiger partial charge is 0.487 e. The molecule has 0 fully saturated rings. The molecule has 0 saturated carbocycles. The third-order valence-corrected chi connectivity index (χ3v) is 4.78. The van der Waals surface area contributed by atoms with Crippen LogP contribution in [0.1, 0.15) is 21.5 Å². The number of nitriles is 1. The van der Waals surface area contributed by atoms with Crippen molar-refractivity contribution in [3.05, 3.63) is 83.3 Å². The van der Waals surface area contributed by atoms with Gasteiger partial charge in [-0.25, -0.2) is 9.37 Å². The van der Waals surface area contributed by atoms with E-state index in [1.165, 1.54) is 16.7 Å². The highest BCUT2D eigenvalue weighted by molar-refractivity contribution is 6.14. The highest BCUT2D eigenvalue weighted by Gasteiger charge is 2.33. The predicted molar refractivity (Wildman–Crippen MR) is 100 cm³/mol. The van der Waals surface area contributed by atoms with Gasteiger partial charge in [0.15, 0.2) is 0 Å². The van der Waals surface area contributed by atoms with Crippen molar-refractivity contribution in [2.45, 2.75) is 6.61 Å². The van der Waals surface area contributed by atoms with Gasteiger partial charge in [0.25, 0.3) is 5.91 Å². The Hall–Kier alpha value is -3.98. The van der Waals surface area contributed by atoms with E-state index in [2.05, 4.69) is 11.1 Å². The molecule has 1 aliphatic heterocycles. The molecule has 0 amide bonds. The van der Waals surface area contributed by atoms with Gasteiger partial charge in [-0.05, 0) is 42.0 Å². The standard InChI is InChI=1S/C22H12FN3O2/c23-15-6-1-4-13(10-15)12-28-21-18-14(11-24)5-2-7-16(18)25-20-17-8-3-9-26(17)22(27)19(20)21/h1-10H,12H2. The van der Waals surface area contributed by atoms with E-state index >= 15 is 0 Å². The third-order valence-electron chi connectivity index (χ3n) is 4.78. The molecule has 1 aliphatic rings. The molecule has 2 aromatic carbocycles. The zero-order chi connectivity index (χ0) is 19.3. The van der Waals surface area contributed by atoms with E-state index < -0.39 is 0 Å². The Morgan fingerprint density at radius 1 is 1.14 bits per heavy atom. The summed E-state index contributed by atoms with van der Waals surface area (Å²) in [5.74, 6) is -0.322. The highest BCUT2D eigenvalue weighted by atomic mass is 19.1. The van der Waals surface area contributed by atoms with Gasteiger partial charge in [0.2, 0.25) is 0 Å². The molecule has 0 bridgehead atoms. The van der Waals surface area contributed by atoms with Crippen LogP contribution in [0.25, 0.3) is 22.3 Å². The molecule has 0 radical (unpaired) electrons. The fourth-order valence-corrected chi connectivity index (χ4v) is 3.56. The van der Waals surface area contributed by atoms with Crippen molar-refractivity contribution in [1.82, 2.24) is 9.55 Å². The van der Waals surface area contributed by atoms with Gasteiger partial charge < -0.3 is 4.74 Å². The Balaban J connectivity index is 1.74. The number of nitrogens with zero attached hydrogens (tertiary/aromatic N) is 3. The van der Waals surface area contributed by atoms with Gasteiger partial charge in [-0.3, -0.25) is 9.36 Å². The fourth-order valence-electron chi connectivity index (χ4n) is 3.56. The van der Waals surface area contributed by atoms with Gasteiger partial charge in [-0.15, -0.1) is 0 Å². The molecule has 4 aromatic rings. The Labute approximate surface area is 159 Å². The van der Waals surface area contributed by atoms with Gasteiger partial charge in [0.1, 0.15) is 29.4 Å². The molecule has 0 saturated heterocycles. The third kappa shape index (κ3) is 2.30. The Kier molecular flexibility index (Phi) is 3.49. The van der Waals surface area contributed by atoms with Crippen molar-refractivity contribution in [3.63, 3.8) is 0 Å². The van der Waals surface area contributed by atoms with E-state index in [0.717, 1.165) is 0 Å². The summed E-state index contributed by atoms with van der Waals surface area (Å²) < 4.78 is 21.1. The van der Waals surface area contributed by atoms with Gasteiger partial charge in [0.05, 0.1) is 28.2 Å². The van der Waals surface area contributed by atoms with Crippen LogP contribution in [0.4, 0.5) is 4.39 Å². The topological polar surface area (TPSA) is 67.9 Å². The van der Waals surface area contributed by atoms with E-state index in [4.69, 9.17) is 4.74 Å². The molecule has 2 aromatic heterocycles. The number of carbonyl (C=O) groups is 1. The smallest absolute Gasteiger partial charge is 0.268 e. The second kappa shape index (κ2) is 6.03. The number of rotatable bonds is 3. The van der Waals surface area contributed by atoms with Crippen molar-refractivity contribution in [2.24, 2.45) is 0 Å². The summed E-state index contributed by atoms with van der Waals surface area (Å²) in [6.07, 6.45) is 1.67. The number of fused-ring (bicyclic) bond motifs is 4. The Morgan fingerprint density at radius 2 is 2.00 bits per heavy atom. The molecule has 5 rings (SSSR count). The number of halogens is 1. The average Bonchev–Trinajstić information content (AvgIpc) is 3.28. The summed E-state index contributed by atoms with van der Waals surface area (Å²) in [4.78, 5) is 17.6. The minimum atomic E-state index is -0.365. The minimum absolute atomic E-state index is 0.0608. The Morgan fingerprint density at radius 3 is 2.82 bits per heavy atom. The normalized spacial score (nSPS) is 11.9. The lowest BCUT2D eigenvalue weighted by molar-refractivity contribution is 0.0965. The first-order chi connectivity index (χ1) is 13.7. The molecule has 0 atom stereocenters. The van der Waals surface area contributed by atoms with Crippen molar-refractivity contribution in [1.29, 1.82) is 5.26 Å². The van der Waals surface area contributed by atoms with Crippen molar-refractivity contribution in [2.75, 3.05) is 0 Å². The zero-order valence-electron chi connectivity index (χ0n) is 14.5. The first kappa shape index (κ1) is 16.2. The maximum atomic E-state index is 13.5. The van der Waals surface area contributed by atoms with Gasteiger partial charge in [-0.2, -0.15) is 5.26 Å². The van der Waals surface area contributed by atoms with E-state index in [-0.39, 0.29) is 18.3 Å². The van der Waals surface area contributed by atoms with Gasteiger partial charge in [-0.1, -0.05) is 18.2 Å². The monoisotopic (exact) mass is 369 g/mol. The number of ether oxygens (including phenoxy) is 1. The second-order valence-electron chi connectivity index (χ2n) is 6.46. The molecule has 28 heavy (non-hydrogen) atoms. The lowest BCUT2D eigenvalue weighted by Crippen LogP contribution is -2.08. The van der Waals surface area contributed by atoms with Crippen molar-refractivity contribution < 1.29 is 13.9 Å². The lowest BCUT2D eigenvalue weighted by Gasteiger charge is -2.14. The van der Waals surface area contributed by atoms with Crippen LogP contribution >= 0.6 is 0 Å².